The molecule has 1 fully saturated rings. The minimum Gasteiger partial charge on any atom is -0.378 e. The Morgan fingerprint density at radius 2 is 2.25 bits per heavy atom. The van der Waals surface area contributed by atoms with Crippen LogP contribution in [-0.4, -0.2) is 19.3 Å². The number of rotatable bonds is 2. The van der Waals surface area contributed by atoms with Crippen LogP contribution in [0.2, 0.25) is 5.02 Å². The molecule has 3 heteroatoms. The zero-order chi connectivity index (χ0) is 8.39. The van der Waals surface area contributed by atoms with E-state index in [0.29, 0.717) is 6.04 Å². The molecule has 2 rings (SSSR count). The highest BCUT2D eigenvalue weighted by Gasteiger charge is 2.17. The third-order valence-electron chi connectivity index (χ3n) is 1.83. The van der Waals surface area contributed by atoms with E-state index in [1.807, 2.05) is 24.3 Å². The molecule has 1 aromatic rings. The lowest BCUT2D eigenvalue weighted by atomic mass is 10.2. The molecule has 0 spiro atoms. The van der Waals surface area contributed by atoms with Crippen molar-refractivity contribution in [1.29, 1.82) is 0 Å². The van der Waals surface area contributed by atoms with Gasteiger partial charge in [0.15, 0.2) is 0 Å². The molecule has 0 bridgehead atoms. The molecule has 0 aromatic heterocycles. The predicted octanol–water partition coefficient (Wildman–Crippen LogP) is 2.15. The monoisotopic (exact) mass is 183 g/mol. The summed E-state index contributed by atoms with van der Waals surface area (Å²) in [5.41, 5.74) is 1.07. The van der Waals surface area contributed by atoms with Gasteiger partial charge in [0.2, 0.25) is 0 Å². The van der Waals surface area contributed by atoms with Gasteiger partial charge in [-0.05, 0) is 18.2 Å². The van der Waals surface area contributed by atoms with Gasteiger partial charge in [-0.2, -0.15) is 0 Å². The standard InChI is InChI=1S/C9H10ClNO/c10-7-2-1-3-8(4-7)11-9-5-12-6-9/h1-4,9,11H,5-6H2. The molecule has 1 aliphatic heterocycles. The maximum Gasteiger partial charge on any atom is 0.0728 e. The van der Waals surface area contributed by atoms with Gasteiger partial charge in [-0.25, -0.2) is 0 Å². The Labute approximate surface area is 76.5 Å². The summed E-state index contributed by atoms with van der Waals surface area (Å²) in [5.74, 6) is 0. The minimum absolute atomic E-state index is 0.462. The summed E-state index contributed by atoms with van der Waals surface area (Å²) in [7, 11) is 0. The van der Waals surface area contributed by atoms with Crippen molar-refractivity contribution in [2.24, 2.45) is 0 Å². The Balaban J connectivity index is 2.02. The van der Waals surface area contributed by atoms with Crippen LogP contribution >= 0.6 is 11.6 Å². The molecule has 1 aliphatic rings. The second-order valence-corrected chi connectivity index (χ2v) is 3.33. The summed E-state index contributed by atoms with van der Waals surface area (Å²) in [6, 6.07) is 8.18. The highest BCUT2D eigenvalue weighted by Crippen LogP contribution is 2.17. The summed E-state index contributed by atoms with van der Waals surface area (Å²) < 4.78 is 5.04. The molecular formula is C9H10ClNO. The molecule has 64 valence electrons. The summed E-state index contributed by atoms with van der Waals surface area (Å²) in [4.78, 5) is 0. The molecule has 0 atom stereocenters. The lowest BCUT2D eigenvalue weighted by Crippen LogP contribution is -2.40. The van der Waals surface area contributed by atoms with Crippen LogP contribution in [0.4, 0.5) is 5.69 Å². The first-order chi connectivity index (χ1) is 5.84. The summed E-state index contributed by atoms with van der Waals surface area (Å²) in [6.07, 6.45) is 0. The van der Waals surface area contributed by atoms with Gasteiger partial charge >= 0.3 is 0 Å². The smallest absolute Gasteiger partial charge is 0.0728 e. The Morgan fingerprint density at radius 1 is 1.42 bits per heavy atom. The first-order valence-electron chi connectivity index (χ1n) is 3.94. The molecular weight excluding hydrogens is 174 g/mol. The van der Waals surface area contributed by atoms with Crippen LogP contribution in [0.25, 0.3) is 0 Å². The van der Waals surface area contributed by atoms with Gasteiger partial charge in [0.05, 0.1) is 19.3 Å². The fourth-order valence-corrected chi connectivity index (χ4v) is 1.32. The average Bonchev–Trinajstić information content (AvgIpc) is 1.97. The third-order valence-corrected chi connectivity index (χ3v) is 2.07. The number of benzene rings is 1. The van der Waals surface area contributed by atoms with E-state index in [-0.39, 0.29) is 0 Å². The van der Waals surface area contributed by atoms with Crippen molar-refractivity contribution < 1.29 is 4.74 Å². The predicted molar refractivity (Wildman–Crippen MR) is 49.7 cm³/mol. The lowest BCUT2D eigenvalue weighted by Gasteiger charge is -2.27. The Hall–Kier alpha value is -0.730. The average molecular weight is 184 g/mol. The van der Waals surface area contributed by atoms with E-state index in [9.17, 15) is 0 Å². The van der Waals surface area contributed by atoms with Gasteiger partial charge < -0.3 is 10.1 Å². The highest BCUT2D eigenvalue weighted by molar-refractivity contribution is 6.30. The van der Waals surface area contributed by atoms with E-state index in [4.69, 9.17) is 16.3 Å². The largest absolute Gasteiger partial charge is 0.378 e. The second kappa shape index (κ2) is 3.33. The van der Waals surface area contributed by atoms with Crippen molar-refractivity contribution in [2.45, 2.75) is 6.04 Å². The molecule has 12 heavy (non-hydrogen) atoms. The number of halogens is 1. The van der Waals surface area contributed by atoms with E-state index in [0.717, 1.165) is 23.9 Å². The molecule has 1 saturated heterocycles. The topological polar surface area (TPSA) is 21.3 Å². The van der Waals surface area contributed by atoms with E-state index in [1.54, 1.807) is 0 Å². The fourth-order valence-electron chi connectivity index (χ4n) is 1.13. The maximum absolute atomic E-state index is 5.82. The zero-order valence-corrected chi connectivity index (χ0v) is 7.34. The summed E-state index contributed by atoms with van der Waals surface area (Å²) in [6.45, 7) is 1.60. The number of ether oxygens (including phenoxy) is 1. The second-order valence-electron chi connectivity index (χ2n) is 2.89. The Morgan fingerprint density at radius 3 is 2.83 bits per heavy atom. The highest BCUT2D eigenvalue weighted by atomic mass is 35.5. The van der Waals surface area contributed by atoms with E-state index in [1.165, 1.54) is 0 Å². The van der Waals surface area contributed by atoms with E-state index in [2.05, 4.69) is 5.32 Å². The van der Waals surface area contributed by atoms with Crippen LogP contribution in [0, 0.1) is 0 Å². The molecule has 0 radical (unpaired) electrons. The molecule has 2 nitrogen and oxygen atoms in total. The zero-order valence-electron chi connectivity index (χ0n) is 6.59. The van der Waals surface area contributed by atoms with Gasteiger partial charge in [-0.15, -0.1) is 0 Å². The maximum atomic E-state index is 5.82. The normalized spacial score (nSPS) is 17.1. The van der Waals surface area contributed by atoms with E-state index >= 15 is 0 Å². The van der Waals surface area contributed by atoms with Crippen molar-refractivity contribution >= 4 is 17.3 Å². The minimum atomic E-state index is 0.462. The van der Waals surface area contributed by atoms with Crippen molar-refractivity contribution in [3.8, 4) is 0 Å². The lowest BCUT2D eigenvalue weighted by molar-refractivity contribution is 0.0211. The van der Waals surface area contributed by atoms with Crippen LogP contribution in [0.1, 0.15) is 0 Å². The van der Waals surface area contributed by atoms with Gasteiger partial charge in [-0.1, -0.05) is 17.7 Å². The molecule has 1 heterocycles. The van der Waals surface area contributed by atoms with Crippen molar-refractivity contribution in [3.63, 3.8) is 0 Å². The van der Waals surface area contributed by atoms with E-state index < -0.39 is 0 Å². The van der Waals surface area contributed by atoms with Gasteiger partial charge in [0.25, 0.3) is 0 Å². The van der Waals surface area contributed by atoms with Crippen LogP contribution in [0.5, 0.6) is 0 Å². The van der Waals surface area contributed by atoms with Crippen LogP contribution < -0.4 is 5.32 Å². The van der Waals surface area contributed by atoms with Gasteiger partial charge in [0.1, 0.15) is 0 Å². The number of hydrogen-bond donors (Lipinski definition) is 1. The number of anilines is 1. The van der Waals surface area contributed by atoms with Crippen molar-refractivity contribution in [1.82, 2.24) is 0 Å². The quantitative estimate of drug-likeness (QED) is 0.759. The fraction of sp³-hybridized carbons (Fsp3) is 0.333. The molecule has 1 aromatic carbocycles. The third kappa shape index (κ3) is 1.71. The summed E-state index contributed by atoms with van der Waals surface area (Å²) >= 11 is 5.82. The Kier molecular flexibility index (Phi) is 2.19. The Bertz CT molecular complexity index is 273. The van der Waals surface area contributed by atoms with Crippen molar-refractivity contribution in [2.75, 3.05) is 18.5 Å². The van der Waals surface area contributed by atoms with Crippen LogP contribution in [0.3, 0.4) is 0 Å². The van der Waals surface area contributed by atoms with Gasteiger partial charge in [-0.3, -0.25) is 0 Å². The van der Waals surface area contributed by atoms with Crippen LogP contribution in [0.15, 0.2) is 24.3 Å². The van der Waals surface area contributed by atoms with Crippen molar-refractivity contribution in [3.05, 3.63) is 29.3 Å². The first kappa shape index (κ1) is 7.90. The van der Waals surface area contributed by atoms with Gasteiger partial charge in [0, 0.05) is 10.7 Å². The number of hydrogen-bond acceptors (Lipinski definition) is 2. The molecule has 0 amide bonds. The first-order valence-corrected chi connectivity index (χ1v) is 4.32. The molecule has 0 aliphatic carbocycles. The summed E-state index contributed by atoms with van der Waals surface area (Å²) in [5, 5.41) is 4.07. The molecule has 0 saturated carbocycles. The SMILES string of the molecule is Clc1cccc(NC2COC2)c1. The molecule has 1 N–H and O–H groups in total. The molecule has 0 unspecified atom stereocenters. The van der Waals surface area contributed by atoms with Crippen LogP contribution in [-0.2, 0) is 4.74 Å². The number of nitrogens with one attached hydrogen (secondary N) is 1.